The van der Waals surface area contributed by atoms with E-state index in [0.29, 0.717) is 23.9 Å². The van der Waals surface area contributed by atoms with Crippen LogP contribution in [0, 0.1) is 5.92 Å². The van der Waals surface area contributed by atoms with Crippen molar-refractivity contribution in [2.75, 3.05) is 6.54 Å². The lowest BCUT2D eigenvalue weighted by Crippen LogP contribution is -2.31. The first-order valence-corrected chi connectivity index (χ1v) is 7.43. The number of benzene rings is 1. The number of carbonyl (C=O) groups is 2. The summed E-state index contributed by atoms with van der Waals surface area (Å²) in [5, 5.41) is 19.7. The largest absolute Gasteiger partial charge is 0.481 e. The summed E-state index contributed by atoms with van der Waals surface area (Å²) in [4.78, 5) is 23.0. The van der Waals surface area contributed by atoms with E-state index in [9.17, 15) is 9.59 Å². The third-order valence-corrected chi connectivity index (χ3v) is 3.17. The average molecular weight is 316 g/mol. The maximum Gasteiger partial charge on any atom is 0.309 e. The number of nitrogens with zero attached hydrogens (tertiary/aromatic N) is 3. The number of hydrogen-bond acceptors (Lipinski definition) is 4. The molecule has 0 radical (unpaired) electrons. The SMILES string of the molecule is CC(C)CNC(=O)Cn1nnc(CC(=O)O)c1-c1ccccc1. The molecule has 23 heavy (non-hydrogen) atoms. The standard InChI is InChI=1S/C16H20N4O3/c1-11(2)9-17-14(21)10-20-16(12-6-4-3-5-7-12)13(18-19-20)8-15(22)23/h3-7,11H,8-10H2,1-2H3,(H,17,21)(H,22,23). The lowest BCUT2D eigenvalue weighted by molar-refractivity contribution is -0.136. The Bertz CT molecular complexity index is 680. The van der Waals surface area contributed by atoms with Crippen molar-refractivity contribution in [3.63, 3.8) is 0 Å². The van der Waals surface area contributed by atoms with Gasteiger partial charge in [0.25, 0.3) is 0 Å². The van der Waals surface area contributed by atoms with Crippen LogP contribution in [-0.2, 0) is 22.6 Å². The Balaban J connectivity index is 2.27. The van der Waals surface area contributed by atoms with Crippen LogP contribution in [0.5, 0.6) is 0 Å². The van der Waals surface area contributed by atoms with Gasteiger partial charge in [0, 0.05) is 12.1 Å². The third-order valence-electron chi connectivity index (χ3n) is 3.17. The lowest BCUT2D eigenvalue weighted by Gasteiger charge is -2.10. The van der Waals surface area contributed by atoms with Crippen LogP contribution in [0.1, 0.15) is 19.5 Å². The second kappa shape index (κ2) is 7.53. The Hall–Kier alpha value is -2.70. The summed E-state index contributed by atoms with van der Waals surface area (Å²) in [5.41, 5.74) is 1.69. The molecule has 7 heteroatoms. The smallest absolute Gasteiger partial charge is 0.309 e. The van der Waals surface area contributed by atoms with Crippen LogP contribution in [0.3, 0.4) is 0 Å². The number of hydrogen-bond donors (Lipinski definition) is 2. The van der Waals surface area contributed by atoms with Gasteiger partial charge < -0.3 is 10.4 Å². The van der Waals surface area contributed by atoms with Crippen molar-refractivity contribution in [3.05, 3.63) is 36.0 Å². The number of amides is 1. The highest BCUT2D eigenvalue weighted by atomic mass is 16.4. The minimum absolute atomic E-state index is 0.00354. The second-order valence-electron chi connectivity index (χ2n) is 5.68. The lowest BCUT2D eigenvalue weighted by atomic mass is 10.1. The van der Waals surface area contributed by atoms with Gasteiger partial charge in [-0.15, -0.1) is 5.10 Å². The van der Waals surface area contributed by atoms with Crippen molar-refractivity contribution in [3.8, 4) is 11.3 Å². The van der Waals surface area contributed by atoms with E-state index < -0.39 is 5.97 Å². The fourth-order valence-corrected chi connectivity index (χ4v) is 2.14. The van der Waals surface area contributed by atoms with Crippen molar-refractivity contribution >= 4 is 11.9 Å². The predicted octanol–water partition coefficient (Wildman–Crippen LogP) is 1.34. The monoisotopic (exact) mass is 316 g/mol. The van der Waals surface area contributed by atoms with Crippen LogP contribution in [-0.4, -0.2) is 38.5 Å². The normalized spacial score (nSPS) is 10.7. The fourth-order valence-electron chi connectivity index (χ4n) is 2.14. The van der Waals surface area contributed by atoms with E-state index in [1.54, 1.807) is 0 Å². The van der Waals surface area contributed by atoms with Crippen molar-refractivity contribution in [1.29, 1.82) is 0 Å². The Morgan fingerprint density at radius 1 is 1.26 bits per heavy atom. The molecule has 0 fully saturated rings. The topological polar surface area (TPSA) is 97.1 Å². The van der Waals surface area contributed by atoms with Crippen molar-refractivity contribution in [1.82, 2.24) is 20.3 Å². The number of carbonyl (C=O) groups excluding carboxylic acids is 1. The molecule has 0 aliphatic rings. The molecule has 122 valence electrons. The van der Waals surface area contributed by atoms with Gasteiger partial charge in [-0.1, -0.05) is 49.4 Å². The zero-order valence-electron chi connectivity index (χ0n) is 13.2. The highest BCUT2D eigenvalue weighted by Gasteiger charge is 2.18. The van der Waals surface area contributed by atoms with Gasteiger partial charge in [0.15, 0.2) is 0 Å². The van der Waals surface area contributed by atoms with Gasteiger partial charge >= 0.3 is 5.97 Å². The molecule has 1 aromatic heterocycles. The molecular formula is C16H20N4O3. The van der Waals surface area contributed by atoms with Crippen LogP contribution in [0.15, 0.2) is 30.3 Å². The summed E-state index contributed by atoms with van der Waals surface area (Å²) >= 11 is 0. The molecule has 0 aliphatic heterocycles. The fraction of sp³-hybridized carbons (Fsp3) is 0.375. The molecule has 2 N–H and O–H groups in total. The third kappa shape index (κ3) is 4.64. The van der Waals surface area contributed by atoms with Crippen molar-refractivity contribution in [2.24, 2.45) is 5.92 Å². The summed E-state index contributed by atoms with van der Waals surface area (Å²) in [6.07, 6.45) is -0.238. The summed E-state index contributed by atoms with van der Waals surface area (Å²) in [7, 11) is 0. The van der Waals surface area contributed by atoms with E-state index in [1.807, 2.05) is 44.2 Å². The molecule has 0 atom stereocenters. The van der Waals surface area contributed by atoms with Crippen LogP contribution >= 0.6 is 0 Å². The Morgan fingerprint density at radius 3 is 2.57 bits per heavy atom. The molecule has 1 aromatic carbocycles. The zero-order valence-corrected chi connectivity index (χ0v) is 13.2. The first-order chi connectivity index (χ1) is 11.0. The molecule has 0 spiro atoms. The van der Waals surface area contributed by atoms with E-state index in [4.69, 9.17) is 5.11 Å². The summed E-state index contributed by atoms with van der Waals surface area (Å²) in [6, 6.07) is 9.23. The van der Waals surface area contributed by atoms with Gasteiger partial charge in [-0.25, -0.2) is 4.68 Å². The second-order valence-corrected chi connectivity index (χ2v) is 5.68. The number of carboxylic acids is 1. The molecule has 0 bridgehead atoms. The van der Waals surface area contributed by atoms with E-state index in [1.165, 1.54) is 4.68 Å². The molecule has 0 saturated carbocycles. The van der Waals surface area contributed by atoms with Crippen LogP contribution in [0.2, 0.25) is 0 Å². The van der Waals surface area contributed by atoms with Crippen LogP contribution in [0.4, 0.5) is 0 Å². The molecule has 1 amide bonds. The Kier molecular flexibility index (Phi) is 5.46. The minimum atomic E-state index is -0.988. The predicted molar refractivity (Wildman–Crippen MR) is 84.6 cm³/mol. The summed E-state index contributed by atoms with van der Waals surface area (Å²) in [5.74, 6) is -0.813. The van der Waals surface area contributed by atoms with Crippen LogP contribution < -0.4 is 5.32 Å². The van der Waals surface area contributed by atoms with Gasteiger partial charge in [0.2, 0.25) is 5.91 Å². The van der Waals surface area contributed by atoms with Gasteiger partial charge in [0.05, 0.1) is 12.1 Å². The number of aromatic nitrogens is 3. The first-order valence-electron chi connectivity index (χ1n) is 7.43. The first kappa shape index (κ1) is 16.7. The number of aliphatic carboxylic acids is 1. The van der Waals surface area contributed by atoms with Gasteiger partial charge in [-0.2, -0.15) is 0 Å². The molecule has 7 nitrogen and oxygen atoms in total. The van der Waals surface area contributed by atoms with Gasteiger partial charge in [-0.3, -0.25) is 9.59 Å². The number of nitrogens with one attached hydrogen (secondary N) is 1. The van der Waals surface area contributed by atoms with E-state index >= 15 is 0 Å². The highest BCUT2D eigenvalue weighted by molar-refractivity contribution is 5.78. The van der Waals surface area contributed by atoms with Crippen molar-refractivity contribution < 1.29 is 14.7 Å². The average Bonchev–Trinajstić information content (AvgIpc) is 2.87. The minimum Gasteiger partial charge on any atom is -0.481 e. The van der Waals surface area contributed by atoms with Crippen LogP contribution in [0.25, 0.3) is 11.3 Å². The molecule has 0 unspecified atom stereocenters. The summed E-state index contributed by atoms with van der Waals surface area (Å²) < 4.78 is 1.45. The van der Waals surface area contributed by atoms with Crippen molar-refractivity contribution in [2.45, 2.75) is 26.8 Å². The molecule has 0 aliphatic carbocycles. The molecule has 2 aromatic rings. The Morgan fingerprint density at radius 2 is 1.96 bits per heavy atom. The van der Waals surface area contributed by atoms with E-state index in [0.717, 1.165) is 5.56 Å². The molecule has 0 saturated heterocycles. The number of carboxylic acid groups (broad SMARTS) is 1. The maximum absolute atomic E-state index is 12.0. The molecular weight excluding hydrogens is 296 g/mol. The molecule has 2 rings (SSSR count). The number of rotatable bonds is 7. The zero-order chi connectivity index (χ0) is 16.8. The van der Waals surface area contributed by atoms with E-state index in [2.05, 4.69) is 15.6 Å². The van der Waals surface area contributed by atoms with E-state index in [-0.39, 0.29) is 18.9 Å². The maximum atomic E-state index is 12.0. The summed E-state index contributed by atoms with van der Waals surface area (Å²) in [6.45, 7) is 4.60. The van der Waals surface area contributed by atoms with Gasteiger partial charge in [-0.05, 0) is 5.92 Å². The van der Waals surface area contributed by atoms with Gasteiger partial charge in [0.1, 0.15) is 12.2 Å². The quantitative estimate of drug-likeness (QED) is 0.803. The molecule has 1 heterocycles. The highest BCUT2D eigenvalue weighted by Crippen LogP contribution is 2.22. The Labute approximate surface area is 134 Å².